The summed E-state index contributed by atoms with van der Waals surface area (Å²) in [4.78, 5) is 24.7. The van der Waals surface area contributed by atoms with Gasteiger partial charge in [-0.2, -0.15) is 5.10 Å². The highest BCUT2D eigenvalue weighted by Crippen LogP contribution is 2.28. The lowest BCUT2D eigenvalue weighted by Gasteiger charge is -2.30. The first-order valence-corrected chi connectivity index (χ1v) is 10.9. The fourth-order valence-electron chi connectivity index (χ4n) is 4.98. The van der Waals surface area contributed by atoms with Crippen molar-refractivity contribution in [2.24, 2.45) is 0 Å². The summed E-state index contributed by atoms with van der Waals surface area (Å²) in [6.45, 7) is 0. The molecule has 6 heteroatoms. The van der Waals surface area contributed by atoms with Gasteiger partial charge in [0.05, 0.1) is 11.7 Å². The first-order valence-electron chi connectivity index (χ1n) is 10.9. The van der Waals surface area contributed by atoms with Gasteiger partial charge >= 0.3 is 6.03 Å². The van der Waals surface area contributed by atoms with E-state index < -0.39 is 0 Å². The van der Waals surface area contributed by atoms with Crippen molar-refractivity contribution < 1.29 is 4.79 Å². The number of hydrogen-bond acceptors (Lipinski definition) is 3. The Labute approximate surface area is 161 Å². The molecule has 1 heterocycles. The Bertz CT molecular complexity index is 713. The number of urea groups is 1. The van der Waals surface area contributed by atoms with Gasteiger partial charge in [0, 0.05) is 18.2 Å². The van der Waals surface area contributed by atoms with Crippen LogP contribution in [0.2, 0.25) is 0 Å². The molecule has 3 aliphatic rings. The maximum absolute atomic E-state index is 12.4. The van der Waals surface area contributed by atoms with E-state index in [1.807, 2.05) is 0 Å². The largest absolute Gasteiger partial charge is 0.335 e. The van der Waals surface area contributed by atoms with Crippen molar-refractivity contribution >= 4 is 6.03 Å². The van der Waals surface area contributed by atoms with Gasteiger partial charge in [0.15, 0.2) is 0 Å². The van der Waals surface area contributed by atoms with Crippen LogP contribution in [0.25, 0.3) is 0 Å². The fourth-order valence-corrected chi connectivity index (χ4v) is 4.98. The second kappa shape index (κ2) is 8.44. The third-order valence-corrected chi connectivity index (χ3v) is 6.55. The number of carbonyl (C=O) groups excluding carboxylic acids is 1. The molecule has 0 radical (unpaired) electrons. The van der Waals surface area contributed by atoms with Gasteiger partial charge in [-0.3, -0.25) is 4.79 Å². The fraction of sp³-hybridized carbons (Fsp3) is 0.762. The Morgan fingerprint density at radius 1 is 0.889 bits per heavy atom. The third-order valence-electron chi connectivity index (χ3n) is 6.55. The van der Waals surface area contributed by atoms with E-state index in [9.17, 15) is 9.59 Å². The maximum atomic E-state index is 12.4. The Morgan fingerprint density at radius 2 is 1.56 bits per heavy atom. The lowest BCUT2D eigenvalue weighted by atomic mass is 9.91. The van der Waals surface area contributed by atoms with Gasteiger partial charge < -0.3 is 10.6 Å². The number of nitrogens with zero attached hydrogens (tertiary/aromatic N) is 2. The summed E-state index contributed by atoms with van der Waals surface area (Å²) in [5.74, 6) is 0. The summed E-state index contributed by atoms with van der Waals surface area (Å²) >= 11 is 0. The number of fused-ring (bicyclic) bond motifs is 1. The van der Waals surface area contributed by atoms with Gasteiger partial charge in [0.2, 0.25) is 0 Å². The molecular weight excluding hydrogens is 340 g/mol. The van der Waals surface area contributed by atoms with Crippen molar-refractivity contribution in [3.05, 3.63) is 27.7 Å². The van der Waals surface area contributed by atoms with Gasteiger partial charge in [-0.1, -0.05) is 25.7 Å². The number of amides is 2. The van der Waals surface area contributed by atoms with Gasteiger partial charge in [-0.05, 0) is 63.4 Å². The summed E-state index contributed by atoms with van der Waals surface area (Å²) in [6.07, 6.45) is 14.0. The van der Waals surface area contributed by atoms with Crippen LogP contribution in [0.5, 0.6) is 0 Å². The SMILES string of the molecule is O=C(NC1CCCCCC1)NC1CCC(n2nc3c(cc2=O)CCC3)CC1. The van der Waals surface area contributed by atoms with Crippen molar-refractivity contribution in [2.75, 3.05) is 0 Å². The molecule has 2 saturated carbocycles. The second-order valence-corrected chi connectivity index (χ2v) is 8.56. The van der Waals surface area contributed by atoms with Crippen LogP contribution < -0.4 is 16.2 Å². The quantitative estimate of drug-likeness (QED) is 0.800. The zero-order valence-corrected chi connectivity index (χ0v) is 16.2. The molecule has 0 spiro atoms. The first-order chi connectivity index (χ1) is 13.2. The number of aromatic nitrogens is 2. The average Bonchev–Trinajstić information content (AvgIpc) is 2.96. The van der Waals surface area contributed by atoms with E-state index in [1.54, 1.807) is 10.7 Å². The standard InChI is InChI=1S/C21H32N4O2/c26-20-14-15-6-5-9-19(15)24-25(20)18-12-10-17(11-13-18)23-21(27)22-16-7-3-1-2-4-8-16/h14,16-18H,1-13H2,(H2,22,23,27). The molecule has 27 heavy (non-hydrogen) atoms. The van der Waals surface area contributed by atoms with Crippen molar-refractivity contribution in [3.8, 4) is 0 Å². The van der Waals surface area contributed by atoms with Crippen LogP contribution in [0, 0.1) is 0 Å². The summed E-state index contributed by atoms with van der Waals surface area (Å²) in [5, 5.41) is 11.0. The molecule has 2 amide bonds. The summed E-state index contributed by atoms with van der Waals surface area (Å²) in [6, 6.07) is 2.49. The van der Waals surface area contributed by atoms with E-state index in [0.717, 1.165) is 69.0 Å². The van der Waals surface area contributed by atoms with Crippen LogP contribution in [0.4, 0.5) is 4.79 Å². The summed E-state index contributed by atoms with van der Waals surface area (Å²) < 4.78 is 1.71. The minimum absolute atomic E-state index is 0.0156. The lowest BCUT2D eigenvalue weighted by molar-refractivity contribution is 0.219. The van der Waals surface area contributed by atoms with Crippen LogP contribution in [0.1, 0.15) is 87.9 Å². The highest BCUT2D eigenvalue weighted by Gasteiger charge is 2.26. The smallest absolute Gasteiger partial charge is 0.315 e. The Hall–Kier alpha value is -1.85. The zero-order valence-electron chi connectivity index (χ0n) is 16.2. The van der Waals surface area contributed by atoms with Crippen molar-refractivity contribution in [1.29, 1.82) is 0 Å². The Morgan fingerprint density at radius 3 is 2.26 bits per heavy atom. The normalized spacial score (nSPS) is 26.2. The van der Waals surface area contributed by atoms with E-state index in [1.165, 1.54) is 25.7 Å². The minimum atomic E-state index is -0.0156. The number of carbonyl (C=O) groups is 1. The second-order valence-electron chi connectivity index (χ2n) is 8.56. The predicted octanol–water partition coefficient (Wildman–Crippen LogP) is 3.24. The third kappa shape index (κ3) is 4.53. The Kier molecular flexibility index (Phi) is 5.79. The van der Waals surface area contributed by atoms with Crippen molar-refractivity contribution in [2.45, 2.75) is 102 Å². The Balaban J connectivity index is 1.28. The minimum Gasteiger partial charge on any atom is -0.335 e. The number of aryl methyl sites for hydroxylation is 2. The van der Waals surface area contributed by atoms with E-state index >= 15 is 0 Å². The molecule has 1 aromatic rings. The molecule has 1 aromatic heterocycles. The van der Waals surface area contributed by atoms with Gasteiger partial charge in [-0.25, -0.2) is 9.48 Å². The van der Waals surface area contributed by atoms with E-state index in [2.05, 4.69) is 15.7 Å². The van der Waals surface area contributed by atoms with Gasteiger partial charge in [0.25, 0.3) is 5.56 Å². The van der Waals surface area contributed by atoms with Crippen molar-refractivity contribution in [1.82, 2.24) is 20.4 Å². The number of nitrogens with one attached hydrogen (secondary N) is 2. The van der Waals surface area contributed by atoms with E-state index in [0.29, 0.717) is 6.04 Å². The monoisotopic (exact) mass is 372 g/mol. The number of rotatable bonds is 3. The van der Waals surface area contributed by atoms with Crippen molar-refractivity contribution in [3.63, 3.8) is 0 Å². The lowest BCUT2D eigenvalue weighted by Crippen LogP contribution is -2.47. The van der Waals surface area contributed by atoms with Crippen LogP contribution >= 0.6 is 0 Å². The predicted molar refractivity (Wildman–Crippen MR) is 105 cm³/mol. The molecule has 0 aliphatic heterocycles. The van der Waals surface area contributed by atoms with E-state index in [-0.39, 0.29) is 23.7 Å². The van der Waals surface area contributed by atoms with Gasteiger partial charge in [0.1, 0.15) is 0 Å². The molecule has 0 aromatic carbocycles. The topological polar surface area (TPSA) is 76.0 Å². The van der Waals surface area contributed by atoms with Crippen LogP contribution in [0.3, 0.4) is 0 Å². The summed E-state index contributed by atoms with van der Waals surface area (Å²) in [5.41, 5.74) is 2.29. The highest BCUT2D eigenvalue weighted by molar-refractivity contribution is 5.74. The van der Waals surface area contributed by atoms with Crippen LogP contribution in [0.15, 0.2) is 10.9 Å². The molecule has 3 aliphatic carbocycles. The molecule has 0 unspecified atom stereocenters. The molecule has 4 rings (SSSR count). The average molecular weight is 373 g/mol. The summed E-state index contributed by atoms with van der Waals surface area (Å²) in [7, 11) is 0. The first kappa shape index (κ1) is 18.5. The molecule has 148 valence electrons. The number of hydrogen-bond donors (Lipinski definition) is 2. The molecule has 0 atom stereocenters. The van der Waals surface area contributed by atoms with Gasteiger partial charge in [-0.15, -0.1) is 0 Å². The van der Waals surface area contributed by atoms with E-state index in [4.69, 9.17) is 0 Å². The molecular formula is C21H32N4O2. The molecule has 2 N–H and O–H groups in total. The van der Waals surface area contributed by atoms with Crippen LogP contribution in [-0.4, -0.2) is 27.9 Å². The molecule has 2 fully saturated rings. The van der Waals surface area contributed by atoms with Crippen LogP contribution in [-0.2, 0) is 12.8 Å². The molecule has 0 saturated heterocycles. The highest BCUT2D eigenvalue weighted by atomic mass is 16.2. The maximum Gasteiger partial charge on any atom is 0.315 e. The molecule has 6 nitrogen and oxygen atoms in total. The molecule has 0 bridgehead atoms. The zero-order chi connectivity index (χ0) is 18.6.